The first-order valence-corrected chi connectivity index (χ1v) is 19.2. The van der Waals surface area contributed by atoms with Gasteiger partial charge in [-0.05, 0) is 41.5 Å². The predicted octanol–water partition coefficient (Wildman–Crippen LogP) is 6.13. The molecule has 0 saturated heterocycles. The molecule has 288 valence electrons. The minimum atomic E-state index is -5.30. The van der Waals surface area contributed by atoms with Gasteiger partial charge in [0.05, 0.1) is 0 Å². The van der Waals surface area contributed by atoms with E-state index in [1.54, 1.807) is 133 Å². The number of alkyl carbamates (subject to hydrolysis) is 1. The van der Waals surface area contributed by atoms with Gasteiger partial charge in [0.25, 0.3) is 0 Å². The molecule has 11 nitrogen and oxygen atoms in total. The van der Waals surface area contributed by atoms with E-state index in [4.69, 9.17) is 14.0 Å². The number of aliphatic imine (C=N–C) groups is 1. The van der Waals surface area contributed by atoms with Crippen LogP contribution < -0.4 is 21.2 Å². The third-order valence-electron chi connectivity index (χ3n) is 7.86. The number of benzene rings is 3. The molecule has 3 aromatic rings. The van der Waals surface area contributed by atoms with Crippen LogP contribution in [-0.2, 0) is 23.6 Å². The van der Waals surface area contributed by atoms with E-state index in [1.165, 1.54) is 23.9 Å². The Morgan fingerprint density at radius 1 is 0.698 bits per heavy atom. The summed E-state index contributed by atoms with van der Waals surface area (Å²) in [5.41, 5.74) is -1.77. The van der Waals surface area contributed by atoms with Gasteiger partial charge in [0.2, 0.25) is 0 Å². The summed E-state index contributed by atoms with van der Waals surface area (Å²) in [6, 6.07) is 25.2. The van der Waals surface area contributed by atoms with Crippen LogP contribution in [0, 0.1) is 0 Å². The second kappa shape index (κ2) is 16.8. The molecule has 0 spiro atoms. The number of carbonyl (C=O) groups is 4. The molecule has 15 heteroatoms. The van der Waals surface area contributed by atoms with Gasteiger partial charge in [-0.2, -0.15) is 0 Å². The molecule has 53 heavy (non-hydrogen) atoms. The average Bonchev–Trinajstić information content (AvgIpc) is 3.06. The van der Waals surface area contributed by atoms with E-state index in [1.807, 2.05) is 0 Å². The number of rotatable bonds is 10. The van der Waals surface area contributed by atoms with Crippen LogP contribution >= 0.6 is 6.83 Å². The van der Waals surface area contributed by atoms with Gasteiger partial charge in [-0.1, -0.05) is 0 Å². The number of nitrogens with one attached hydrogen (secondary N) is 1. The molecule has 1 N–H and O–H groups in total. The first kappa shape index (κ1) is 42.4. The summed E-state index contributed by atoms with van der Waals surface area (Å²) in [5.74, 6) is -3.12. The van der Waals surface area contributed by atoms with Gasteiger partial charge < -0.3 is 0 Å². The van der Waals surface area contributed by atoms with Gasteiger partial charge >= 0.3 is 267 Å². The number of alkyl halides is 3. The first-order chi connectivity index (χ1) is 24.6. The second-order valence-corrected chi connectivity index (χ2v) is 19.0. The molecule has 0 aliphatic rings. The smallest absolute Gasteiger partial charge is 0.0253 e. The number of hydrogen-bond acceptors (Lipinski definition) is 7. The molecule has 0 bridgehead atoms. The van der Waals surface area contributed by atoms with Crippen LogP contribution in [0.4, 0.5) is 22.8 Å². The number of ether oxygens (including phenoxy) is 2. The Hall–Kier alpha value is -4.97. The zero-order valence-corrected chi connectivity index (χ0v) is 32.2. The van der Waals surface area contributed by atoms with Crippen LogP contribution in [0.1, 0.15) is 48.0 Å². The molecule has 0 unspecified atom stereocenters. The van der Waals surface area contributed by atoms with Crippen LogP contribution in [-0.4, -0.2) is 90.5 Å². The second-order valence-electron chi connectivity index (χ2n) is 14.4. The zero-order chi connectivity index (χ0) is 39.7. The van der Waals surface area contributed by atoms with Crippen molar-refractivity contribution in [3.8, 4) is 0 Å². The van der Waals surface area contributed by atoms with E-state index in [2.05, 4.69) is 10.3 Å². The predicted molar refractivity (Wildman–Crippen MR) is 200 cm³/mol. The number of guanidine groups is 1. The normalized spacial score (nSPS) is 13.2. The molecule has 0 aromatic heterocycles. The van der Waals surface area contributed by atoms with Crippen LogP contribution in [0.2, 0.25) is 0 Å². The molecule has 0 aliphatic heterocycles. The number of likely N-dealkylation sites (N-methyl/N-ethyl adjacent to an activating group) is 2. The molecule has 0 aliphatic carbocycles. The van der Waals surface area contributed by atoms with Crippen LogP contribution in [0.5, 0.6) is 0 Å². The summed E-state index contributed by atoms with van der Waals surface area (Å²) in [5, 5.41) is 3.60. The Morgan fingerprint density at radius 3 is 1.53 bits per heavy atom. The van der Waals surface area contributed by atoms with Crippen LogP contribution in [0.25, 0.3) is 0 Å². The fourth-order valence-corrected chi connectivity index (χ4v) is 11.3. The third kappa shape index (κ3) is 11.0. The van der Waals surface area contributed by atoms with E-state index >= 15 is 0 Å². The quantitative estimate of drug-likeness (QED) is 0.149. The monoisotopic (exact) mass is 760 g/mol. The van der Waals surface area contributed by atoms with E-state index in [9.17, 15) is 32.3 Å². The van der Waals surface area contributed by atoms with E-state index in [-0.39, 0.29) is 31.6 Å². The summed E-state index contributed by atoms with van der Waals surface area (Å²) >= 11 is 0. The summed E-state index contributed by atoms with van der Waals surface area (Å²) in [4.78, 5) is 58.3. The maximum absolute atomic E-state index is 14.2. The van der Waals surface area contributed by atoms with Crippen molar-refractivity contribution in [2.75, 3.05) is 33.3 Å². The van der Waals surface area contributed by atoms with E-state index in [0.717, 1.165) is 0 Å². The number of carbonyl (C=O) groups excluding carboxylic acids is 4. The summed E-state index contributed by atoms with van der Waals surface area (Å²) < 4.78 is 59.1. The summed E-state index contributed by atoms with van der Waals surface area (Å²) in [6.07, 6.45) is -7.22. The van der Waals surface area contributed by atoms with Crippen LogP contribution in [0.15, 0.2) is 96.0 Å². The van der Waals surface area contributed by atoms with Crippen molar-refractivity contribution in [3.05, 3.63) is 91.0 Å². The van der Waals surface area contributed by atoms with E-state index < -0.39 is 48.3 Å². The molecule has 3 amide bonds. The minimum Gasteiger partial charge on any atom is -0.0253 e. The van der Waals surface area contributed by atoms with Crippen molar-refractivity contribution in [2.45, 2.75) is 65.3 Å². The van der Waals surface area contributed by atoms with Crippen molar-refractivity contribution in [1.82, 2.24) is 15.1 Å². The number of amides is 3. The Bertz CT molecular complexity index is 1660. The number of hydrogen-bond donors (Lipinski definition) is 1. The number of nitrogens with zero attached hydrogens (tertiary/aromatic N) is 3. The standard InChI is InChI=1S/C38H48F3N4O7P/c1-36(2,3)50-34(48)42-33(43-35(49)51-37(4,5)6)45(8)27-31(46)44(7)25-18-26-53(28-19-12-9-13-20-28,29-21-14-10-15-22-29,30-23-16-11-17-24-30)52-32(47)38(39,40)41/h9-17,19-24H,18,25-27H2,1-8H3,(H,42,43,48,49). The van der Waals surface area contributed by atoms with E-state index in [0.29, 0.717) is 15.9 Å². The van der Waals surface area contributed by atoms with Crippen molar-refractivity contribution >= 4 is 52.8 Å². The fraction of sp³-hybridized carbons (Fsp3) is 0.395. The van der Waals surface area contributed by atoms with Gasteiger partial charge in [-0.3, -0.25) is 0 Å². The number of halogens is 3. The zero-order valence-electron chi connectivity index (χ0n) is 31.3. The third-order valence-corrected chi connectivity index (χ3v) is 13.8. The Kier molecular flexibility index (Phi) is 13.4. The van der Waals surface area contributed by atoms with Crippen molar-refractivity contribution in [1.29, 1.82) is 0 Å². The molecule has 3 rings (SSSR count). The molecular formula is C38H48F3N4O7P. The molecule has 3 aromatic carbocycles. The first-order valence-electron chi connectivity index (χ1n) is 16.8. The van der Waals surface area contributed by atoms with Gasteiger partial charge in [0.1, 0.15) is 0 Å². The van der Waals surface area contributed by atoms with Crippen molar-refractivity contribution in [3.63, 3.8) is 0 Å². The SMILES string of the molecule is CN(CCCP(OC(=O)C(F)(F)F)(c1ccccc1)(c1ccccc1)c1ccccc1)C(=O)CN(C)/C(=N/C(=O)OC(C)(C)C)NC(=O)OC(C)(C)C. The average molecular weight is 761 g/mol. The Morgan fingerprint density at radius 2 is 1.13 bits per heavy atom. The van der Waals surface area contributed by atoms with Gasteiger partial charge in [-0.25, -0.2) is 0 Å². The Balaban J connectivity index is 2.00. The van der Waals surface area contributed by atoms with Gasteiger partial charge in [0.15, 0.2) is 0 Å². The fourth-order valence-electron chi connectivity index (χ4n) is 5.61. The molecule has 0 radical (unpaired) electrons. The molecule has 0 saturated carbocycles. The van der Waals surface area contributed by atoms with Crippen molar-refractivity contribution < 1.29 is 46.3 Å². The molecule has 0 heterocycles. The molecular weight excluding hydrogens is 712 g/mol. The Labute approximate surface area is 308 Å². The molecule has 0 fully saturated rings. The van der Waals surface area contributed by atoms with Crippen molar-refractivity contribution in [2.24, 2.45) is 4.99 Å². The van der Waals surface area contributed by atoms with Gasteiger partial charge in [0, 0.05) is 0 Å². The van der Waals surface area contributed by atoms with Gasteiger partial charge in [-0.15, -0.1) is 0 Å². The summed E-state index contributed by atoms with van der Waals surface area (Å²) in [6.45, 7) is 4.77. The maximum atomic E-state index is 14.2. The summed E-state index contributed by atoms with van der Waals surface area (Å²) in [7, 11) is 2.93. The van der Waals surface area contributed by atoms with Crippen LogP contribution in [0.3, 0.4) is 0 Å². The topological polar surface area (TPSA) is 127 Å². The molecule has 0 atom stereocenters. The minimum absolute atomic E-state index is 0.0265.